The number of piperidine rings is 1. The van der Waals surface area contributed by atoms with Gasteiger partial charge in [-0.25, -0.2) is 0 Å². The van der Waals surface area contributed by atoms with E-state index in [9.17, 15) is 9.59 Å². The fourth-order valence-electron chi connectivity index (χ4n) is 2.49. The molecule has 1 saturated heterocycles. The van der Waals surface area contributed by atoms with E-state index in [0.29, 0.717) is 12.8 Å². The Morgan fingerprint density at radius 3 is 3.00 bits per heavy atom. The van der Waals surface area contributed by atoms with Crippen LogP contribution in [0.1, 0.15) is 38.3 Å². The van der Waals surface area contributed by atoms with Gasteiger partial charge in [0, 0.05) is 31.6 Å². The standard InChI is InChI=1S/C15H21N3O2/c1-11(18-9-4-3-7-15(18)20)10-14(19)17-13-6-5-8-16-12(13)2/h5-6,8,11H,3-4,7,9-10H2,1-2H3,(H,17,19). The molecule has 1 aromatic rings. The van der Waals surface area contributed by atoms with Gasteiger partial charge >= 0.3 is 0 Å². The Balaban J connectivity index is 1.91. The second-order valence-electron chi connectivity index (χ2n) is 5.28. The topological polar surface area (TPSA) is 62.3 Å². The van der Waals surface area contributed by atoms with Gasteiger partial charge in [-0.3, -0.25) is 14.6 Å². The molecular weight excluding hydrogens is 254 g/mol. The van der Waals surface area contributed by atoms with Crippen LogP contribution in [0.25, 0.3) is 0 Å². The number of aryl methyl sites for hydroxylation is 1. The summed E-state index contributed by atoms with van der Waals surface area (Å²) in [6.45, 7) is 4.55. The summed E-state index contributed by atoms with van der Waals surface area (Å²) in [6.07, 6.45) is 4.61. The van der Waals surface area contributed by atoms with Gasteiger partial charge in [0.05, 0.1) is 11.4 Å². The number of hydrogen-bond acceptors (Lipinski definition) is 3. The molecule has 1 aliphatic rings. The number of aromatic nitrogens is 1. The molecule has 0 radical (unpaired) electrons. The van der Waals surface area contributed by atoms with Crippen molar-refractivity contribution in [2.75, 3.05) is 11.9 Å². The summed E-state index contributed by atoms with van der Waals surface area (Å²) in [5, 5.41) is 2.86. The van der Waals surface area contributed by atoms with Crippen molar-refractivity contribution in [1.29, 1.82) is 0 Å². The van der Waals surface area contributed by atoms with Crippen molar-refractivity contribution < 1.29 is 9.59 Å². The van der Waals surface area contributed by atoms with E-state index in [1.165, 1.54) is 0 Å². The number of anilines is 1. The monoisotopic (exact) mass is 275 g/mol. The molecule has 0 aliphatic carbocycles. The highest BCUT2D eigenvalue weighted by atomic mass is 16.2. The molecule has 0 spiro atoms. The lowest BCUT2D eigenvalue weighted by Crippen LogP contribution is -2.43. The summed E-state index contributed by atoms with van der Waals surface area (Å²) in [5.41, 5.74) is 1.53. The van der Waals surface area contributed by atoms with Crippen LogP contribution in [0.3, 0.4) is 0 Å². The molecule has 0 saturated carbocycles. The number of amides is 2. The molecule has 5 nitrogen and oxygen atoms in total. The maximum Gasteiger partial charge on any atom is 0.226 e. The first-order valence-electron chi connectivity index (χ1n) is 7.09. The van der Waals surface area contributed by atoms with E-state index < -0.39 is 0 Å². The minimum Gasteiger partial charge on any atom is -0.339 e. The van der Waals surface area contributed by atoms with Gasteiger partial charge in [0.25, 0.3) is 0 Å². The van der Waals surface area contributed by atoms with Crippen LogP contribution in [0.4, 0.5) is 5.69 Å². The molecule has 0 bridgehead atoms. The predicted molar refractivity (Wildman–Crippen MR) is 77.2 cm³/mol. The molecule has 2 amide bonds. The highest BCUT2D eigenvalue weighted by Crippen LogP contribution is 2.17. The van der Waals surface area contributed by atoms with E-state index in [1.54, 1.807) is 12.3 Å². The molecule has 108 valence electrons. The van der Waals surface area contributed by atoms with Gasteiger partial charge in [0.1, 0.15) is 0 Å². The fraction of sp³-hybridized carbons (Fsp3) is 0.533. The molecule has 1 atom stereocenters. The first kappa shape index (κ1) is 14.5. The van der Waals surface area contributed by atoms with Crippen molar-refractivity contribution in [3.63, 3.8) is 0 Å². The van der Waals surface area contributed by atoms with Crippen molar-refractivity contribution in [3.8, 4) is 0 Å². The Morgan fingerprint density at radius 2 is 2.30 bits per heavy atom. The molecule has 5 heteroatoms. The summed E-state index contributed by atoms with van der Waals surface area (Å²) < 4.78 is 0. The number of likely N-dealkylation sites (tertiary alicyclic amines) is 1. The Hall–Kier alpha value is -1.91. The Kier molecular flexibility index (Phi) is 4.71. The zero-order valence-corrected chi connectivity index (χ0v) is 12.1. The second-order valence-corrected chi connectivity index (χ2v) is 5.28. The number of nitrogens with zero attached hydrogens (tertiary/aromatic N) is 2. The smallest absolute Gasteiger partial charge is 0.226 e. The van der Waals surface area contributed by atoms with Crippen LogP contribution in [0.15, 0.2) is 18.3 Å². The van der Waals surface area contributed by atoms with Crippen LogP contribution in [0, 0.1) is 6.92 Å². The largest absolute Gasteiger partial charge is 0.339 e. The van der Waals surface area contributed by atoms with E-state index in [-0.39, 0.29) is 17.9 Å². The average molecular weight is 275 g/mol. The first-order chi connectivity index (χ1) is 9.58. The van der Waals surface area contributed by atoms with Crippen LogP contribution < -0.4 is 5.32 Å². The molecule has 1 aliphatic heterocycles. The fourth-order valence-corrected chi connectivity index (χ4v) is 2.49. The quantitative estimate of drug-likeness (QED) is 0.915. The number of pyridine rings is 1. The van der Waals surface area contributed by atoms with Gasteiger partial charge in [0.15, 0.2) is 0 Å². The lowest BCUT2D eigenvalue weighted by atomic mass is 10.1. The maximum atomic E-state index is 12.0. The lowest BCUT2D eigenvalue weighted by molar-refractivity contribution is -0.136. The van der Waals surface area contributed by atoms with E-state index in [4.69, 9.17) is 0 Å². The SMILES string of the molecule is Cc1ncccc1NC(=O)CC(C)N1CCCCC1=O. The minimum atomic E-state index is -0.0769. The maximum absolute atomic E-state index is 12.0. The van der Waals surface area contributed by atoms with Gasteiger partial charge in [-0.1, -0.05) is 0 Å². The van der Waals surface area contributed by atoms with Crippen molar-refractivity contribution in [2.45, 2.75) is 45.6 Å². The Labute approximate surface area is 119 Å². The summed E-state index contributed by atoms with van der Waals surface area (Å²) in [4.78, 5) is 29.8. The number of rotatable bonds is 4. The number of carbonyl (C=O) groups is 2. The highest BCUT2D eigenvalue weighted by Gasteiger charge is 2.24. The zero-order chi connectivity index (χ0) is 14.5. The van der Waals surface area contributed by atoms with E-state index in [0.717, 1.165) is 30.8 Å². The molecule has 1 aromatic heterocycles. The number of carbonyl (C=O) groups excluding carboxylic acids is 2. The summed E-state index contributed by atoms with van der Waals surface area (Å²) in [6, 6.07) is 3.57. The summed E-state index contributed by atoms with van der Waals surface area (Å²) >= 11 is 0. The molecule has 2 rings (SSSR count). The predicted octanol–water partition coefficient (Wildman–Crippen LogP) is 2.12. The van der Waals surface area contributed by atoms with Crippen molar-refractivity contribution in [1.82, 2.24) is 9.88 Å². The number of hydrogen-bond donors (Lipinski definition) is 1. The Bertz CT molecular complexity index is 502. The van der Waals surface area contributed by atoms with Gasteiger partial charge in [-0.05, 0) is 38.8 Å². The van der Waals surface area contributed by atoms with Crippen LogP contribution in [-0.2, 0) is 9.59 Å². The van der Waals surface area contributed by atoms with Crippen molar-refractivity contribution in [2.24, 2.45) is 0 Å². The second kappa shape index (κ2) is 6.50. The van der Waals surface area contributed by atoms with Crippen LogP contribution >= 0.6 is 0 Å². The first-order valence-corrected chi connectivity index (χ1v) is 7.09. The average Bonchev–Trinajstić information content (AvgIpc) is 2.41. The van der Waals surface area contributed by atoms with Crippen molar-refractivity contribution >= 4 is 17.5 Å². The van der Waals surface area contributed by atoms with Crippen LogP contribution in [0.2, 0.25) is 0 Å². The van der Waals surface area contributed by atoms with Crippen LogP contribution in [0.5, 0.6) is 0 Å². The normalized spacial score (nSPS) is 16.9. The van der Waals surface area contributed by atoms with Crippen molar-refractivity contribution in [3.05, 3.63) is 24.0 Å². The summed E-state index contributed by atoms with van der Waals surface area (Å²) in [5.74, 6) is 0.0843. The third-order valence-electron chi connectivity index (χ3n) is 3.65. The van der Waals surface area contributed by atoms with Crippen LogP contribution in [-0.4, -0.2) is 34.3 Å². The van der Waals surface area contributed by atoms with Gasteiger partial charge in [-0.2, -0.15) is 0 Å². The molecule has 0 aromatic carbocycles. The van der Waals surface area contributed by atoms with E-state index in [2.05, 4.69) is 10.3 Å². The Morgan fingerprint density at radius 1 is 1.50 bits per heavy atom. The molecule has 1 unspecified atom stereocenters. The summed E-state index contributed by atoms with van der Waals surface area (Å²) in [7, 11) is 0. The molecule has 2 heterocycles. The zero-order valence-electron chi connectivity index (χ0n) is 12.1. The van der Waals surface area contributed by atoms with E-state index in [1.807, 2.05) is 24.8 Å². The number of nitrogens with one attached hydrogen (secondary N) is 1. The molecule has 1 fully saturated rings. The molecular formula is C15H21N3O2. The van der Waals surface area contributed by atoms with Gasteiger partial charge in [0.2, 0.25) is 11.8 Å². The minimum absolute atomic E-state index is 0.0558. The molecule has 20 heavy (non-hydrogen) atoms. The third kappa shape index (κ3) is 3.56. The van der Waals surface area contributed by atoms with E-state index >= 15 is 0 Å². The molecule has 1 N–H and O–H groups in total. The lowest BCUT2D eigenvalue weighted by Gasteiger charge is -2.32. The highest BCUT2D eigenvalue weighted by molar-refractivity contribution is 5.92. The third-order valence-corrected chi connectivity index (χ3v) is 3.65. The van der Waals surface area contributed by atoms with Gasteiger partial charge in [-0.15, -0.1) is 0 Å². The van der Waals surface area contributed by atoms with Gasteiger partial charge < -0.3 is 10.2 Å².